The lowest BCUT2D eigenvalue weighted by Gasteiger charge is -2.21. The molecule has 0 bridgehead atoms. The molecule has 0 heterocycles. The van der Waals surface area contributed by atoms with Crippen molar-refractivity contribution in [2.75, 3.05) is 14.2 Å². The van der Waals surface area contributed by atoms with Crippen molar-refractivity contribution in [2.45, 2.75) is 19.1 Å². The first-order chi connectivity index (χ1) is 11.0. The second kappa shape index (κ2) is 7.65. The molecule has 2 atom stereocenters. The first-order valence-corrected chi connectivity index (χ1v) is 7.22. The van der Waals surface area contributed by atoms with Crippen LogP contribution >= 0.6 is 0 Å². The van der Waals surface area contributed by atoms with Gasteiger partial charge in [0.25, 0.3) is 0 Å². The quantitative estimate of drug-likeness (QED) is 0.830. The molecule has 0 aliphatic heterocycles. The van der Waals surface area contributed by atoms with E-state index in [2.05, 4.69) is 0 Å². The van der Waals surface area contributed by atoms with Gasteiger partial charge in [-0.15, -0.1) is 0 Å². The molecule has 122 valence electrons. The van der Waals surface area contributed by atoms with Gasteiger partial charge < -0.3 is 19.3 Å². The zero-order valence-electron chi connectivity index (χ0n) is 13.4. The molecule has 2 aromatic carbocycles. The number of hydrogen-bond donors (Lipinski definition) is 1. The predicted molar refractivity (Wildman–Crippen MR) is 85.8 cm³/mol. The molecule has 0 radical (unpaired) electrons. The van der Waals surface area contributed by atoms with Crippen LogP contribution in [0.2, 0.25) is 0 Å². The third kappa shape index (κ3) is 4.23. The van der Waals surface area contributed by atoms with E-state index in [0.29, 0.717) is 22.6 Å². The molecule has 0 saturated heterocycles. The molecule has 0 spiro atoms. The number of aliphatic hydroxyl groups excluding tert-OH is 1. The lowest BCUT2D eigenvalue weighted by atomic mass is 10.0. The lowest BCUT2D eigenvalue weighted by molar-refractivity contribution is -0.0135. The van der Waals surface area contributed by atoms with Crippen molar-refractivity contribution >= 4 is 5.97 Å². The summed E-state index contributed by atoms with van der Waals surface area (Å²) < 4.78 is 15.6. The summed E-state index contributed by atoms with van der Waals surface area (Å²) in [6, 6.07) is 13.6. The average Bonchev–Trinajstić information content (AvgIpc) is 2.59. The minimum Gasteiger partial charge on any atom is -0.497 e. The summed E-state index contributed by atoms with van der Waals surface area (Å²) >= 11 is 0. The summed E-state index contributed by atoms with van der Waals surface area (Å²) in [5.74, 6) is 0.845. The van der Waals surface area contributed by atoms with Gasteiger partial charge in [-0.2, -0.15) is 0 Å². The van der Waals surface area contributed by atoms with Crippen molar-refractivity contribution in [3.63, 3.8) is 0 Å². The van der Waals surface area contributed by atoms with E-state index in [1.807, 2.05) is 0 Å². The van der Waals surface area contributed by atoms with Crippen molar-refractivity contribution in [3.8, 4) is 11.5 Å². The van der Waals surface area contributed by atoms with Gasteiger partial charge in [0, 0.05) is 0 Å². The molecule has 0 aliphatic rings. The Bertz CT molecular complexity index is 631. The predicted octanol–water partition coefficient (Wildman–Crippen LogP) is 2.98. The van der Waals surface area contributed by atoms with Crippen molar-refractivity contribution in [1.29, 1.82) is 0 Å². The van der Waals surface area contributed by atoms with E-state index >= 15 is 0 Å². The molecule has 0 fully saturated rings. The lowest BCUT2D eigenvalue weighted by Crippen LogP contribution is -2.21. The topological polar surface area (TPSA) is 65.0 Å². The Morgan fingerprint density at radius 2 is 1.39 bits per heavy atom. The molecule has 5 heteroatoms. The van der Waals surface area contributed by atoms with Crippen molar-refractivity contribution in [3.05, 3.63) is 59.7 Å². The summed E-state index contributed by atoms with van der Waals surface area (Å²) in [7, 11) is 3.13. The van der Waals surface area contributed by atoms with Gasteiger partial charge in [-0.05, 0) is 48.9 Å². The fraction of sp³-hybridized carbons (Fsp3) is 0.278. The molecular weight excluding hydrogens is 296 g/mol. The van der Waals surface area contributed by atoms with E-state index in [-0.39, 0.29) is 0 Å². The minimum absolute atomic E-state index is 0.393. The van der Waals surface area contributed by atoms with Crippen LogP contribution in [0.4, 0.5) is 0 Å². The van der Waals surface area contributed by atoms with Gasteiger partial charge in [-0.3, -0.25) is 0 Å². The Kier molecular flexibility index (Phi) is 5.60. The number of ether oxygens (including phenoxy) is 3. The maximum absolute atomic E-state index is 12.3. The van der Waals surface area contributed by atoms with Crippen LogP contribution in [-0.4, -0.2) is 31.4 Å². The van der Waals surface area contributed by atoms with Crippen LogP contribution in [0.15, 0.2) is 48.5 Å². The fourth-order valence-corrected chi connectivity index (χ4v) is 2.15. The minimum atomic E-state index is -0.842. The van der Waals surface area contributed by atoms with Crippen molar-refractivity contribution in [1.82, 2.24) is 0 Å². The highest BCUT2D eigenvalue weighted by Gasteiger charge is 2.23. The van der Waals surface area contributed by atoms with E-state index in [0.717, 1.165) is 0 Å². The standard InChI is InChI=1S/C18H20O5/c1-12(19)17(13-4-8-15(21-2)9-5-13)23-18(20)14-6-10-16(22-3)11-7-14/h4-12,17,19H,1-3H3/t12-,17+/m1/s1. The molecule has 0 aliphatic carbocycles. The Hall–Kier alpha value is -2.53. The third-order valence-corrected chi connectivity index (χ3v) is 3.44. The Balaban J connectivity index is 2.15. The molecule has 0 aromatic heterocycles. The number of benzene rings is 2. The number of hydrogen-bond acceptors (Lipinski definition) is 5. The summed E-state index contributed by atoms with van der Waals surface area (Å²) in [6.07, 6.45) is -1.60. The number of rotatable bonds is 6. The number of aliphatic hydroxyl groups is 1. The van der Waals surface area contributed by atoms with Crippen molar-refractivity contribution in [2.24, 2.45) is 0 Å². The van der Waals surface area contributed by atoms with Gasteiger partial charge in [0.1, 0.15) is 11.5 Å². The first-order valence-electron chi connectivity index (χ1n) is 7.22. The molecule has 0 unspecified atom stereocenters. The monoisotopic (exact) mass is 316 g/mol. The highest BCUT2D eigenvalue weighted by molar-refractivity contribution is 5.89. The summed E-state index contributed by atoms with van der Waals surface area (Å²) in [5.41, 5.74) is 1.09. The van der Waals surface area contributed by atoms with Gasteiger partial charge in [0.2, 0.25) is 0 Å². The smallest absolute Gasteiger partial charge is 0.338 e. The van der Waals surface area contributed by atoms with Crippen LogP contribution in [0, 0.1) is 0 Å². The zero-order chi connectivity index (χ0) is 16.8. The Labute approximate surface area is 135 Å². The van der Waals surface area contributed by atoms with E-state index < -0.39 is 18.2 Å². The first kappa shape index (κ1) is 16.8. The summed E-state index contributed by atoms with van der Waals surface area (Å²) in [6.45, 7) is 1.58. The van der Waals surface area contributed by atoms with Crippen LogP contribution in [0.25, 0.3) is 0 Å². The van der Waals surface area contributed by atoms with Crippen LogP contribution in [0.5, 0.6) is 11.5 Å². The van der Waals surface area contributed by atoms with Crippen LogP contribution in [0.1, 0.15) is 28.9 Å². The summed E-state index contributed by atoms with van der Waals surface area (Å²) in [4.78, 5) is 12.3. The SMILES string of the molecule is COc1ccc(C(=O)O[C@H](c2ccc(OC)cc2)[C@@H](C)O)cc1. The highest BCUT2D eigenvalue weighted by Crippen LogP contribution is 2.25. The Morgan fingerprint density at radius 1 is 0.913 bits per heavy atom. The molecule has 0 saturated carbocycles. The zero-order valence-corrected chi connectivity index (χ0v) is 13.4. The number of carbonyl (C=O) groups is 1. The van der Waals surface area contributed by atoms with Crippen LogP contribution in [-0.2, 0) is 4.74 Å². The molecule has 2 aromatic rings. The third-order valence-electron chi connectivity index (χ3n) is 3.44. The molecule has 2 rings (SSSR count). The van der Waals surface area contributed by atoms with Gasteiger partial charge in [0.05, 0.1) is 25.9 Å². The maximum atomic E-state index is 12.3. The highest BCUT2D eigenvalue weighted by atomic mass is 16.6. The van der Waals surface area contributed by atoms with Gasteiger partial charge in [-0.1, -0.05) is 12.1 Å². The second-order valence-corrected chi connectivity index (χ2v) is 5.07. The summed E-state index contributed by atoms with van der Waals surface area (Å²) in [5, 5.41) is 9.94. The molecule has 0 amide bonds. The van der Waals surface area contributed by atoms with E-state index in [1.54, 1.807) is 69.7 Å². The van der Waals surface area contributed by atoms with E-state index in [1.165, 1.54) is 0 Å². The number of esters is 1. The van der Waals surface area contributed by atoms with Crippen molar-refractivity contribution < 1.29 is 24.1 Å². The fourth-order valence-electron chi connectivity index (χ4n) is 2.15. The molecule has 1 N–H and O–H groups in total. The van der Waals surface area contributed by atoms with Gasteiger partial charge in [0.15, 0.2) is 6.10 Å². The van der Waals surface area contributed by atoms with Gasteiger partial charge in [-0.25, -0.2) is 4.79 Å². The van der Waals surface area contributed by atoms with E-state index in [4.69, 9.17) is 14.2 Å². The van der Waals surface area contributed by atoms with Crippen LogP contribution < -0.4 is 9.47 Å². The second-order valence-electron chi connectivity index (χ2n) is 5.07. The molecular formula is C18H20O5. The van der Waals surface area contributed by atoms with E-state index in [9.17, 15) is 9.90 Å². The Morgan fingerprint density at radius 3 is 1.83 bits per heavy atom. The number of methoxy groups -OCH3 is 2. The van der Waals surface area contributed by atoms with Crippen LogP contribution in [0.3, 0.4) is 0 Å². The van der Waals surface area contributed by atoms with Gasteiger partial charge >= 0.3 is 5.97 Å². The molecule has 5 nitrogen and oxygen atoms in total. The number of carbonyl (C=O) groups excluding carboxylic acids is 1. The largest absolute Gasteiger partial charge is 0.497 e. The normalized spacial score (nSPS) is 13.0. The molecule has 23 heavy (non-hydrogen) atoms. The average molecular weight is 316 g/mol. The maximum Gasteiger partial charge on any atom is 0.338 e.